The first-order chi connectivity index (χ1) is 24.7. The van der Waals surface area contributed by atoms with Gasteiger partial charge in [0.2, 0.25) is 0 Å². The number of aromatic nitrogens is 4. The van der Waals surface area contributed by atoms with E-state index in [1.165, 1.54) is 43.9 Å². The predicted molar refractivity (Wildman–Crippen MR) is 211 cm³/mol. The van der Waals surface area contributed by atoms with Crippen molar-refractivity contribution in [1.29, 1.82) is 0 Å². The molecule has 0 aliphatic heterocycles. The molecule has 0 radical (unpaired) electrons. The van der Waals surface area contributed by atoms with Crippen LogP contribution in [0.4, 0.5) is 0 Å². The van der Waals surface area contributed by atoms with Gasteiger partial charge in [-0.25, -0.2) is 4.98 Å². The van der Waals surface area contributed by atoms with Gasteiger partial charge in [0, 0.05) is 51.6 Å². The van der Waals surface area contributed by atoms with Crippen LogP contribution in [-0.4, -0.2) is 19.1 Å². The number of ether oxygens (including phenoxy) is 1. The summed E-state index contributed by atoms with van der Waals surface area (Å²) in [4.78, 5) is 9.63. The van der Waals surface area contributed by atoms with E-state index in [1.54, 1.807) is 0 Å². The maximum atomic E-state index is 6.71. The van der Waals surface area contributed by atoms with Crippen molar-refractivity contribution in [2.24, 2.45) is 0 Å². The molecule has 0 aliphatic carbocycles. The van der Waals surface area contributed by atoms with Crippen LogP contribution in [0.15, 0.2) is 140 Å². The molecule has 0 aliphatic rings. The summed E-state index contributed by atoms with van der Waals surface area (Å²) in [6.45, 7) is 11.1. The Morgan fingerprint density at radius 1 is 0.529 bits per heavy atom. The van der Waals surface area contributed by atoms with E-state index in [2.05, 4.69) is 158 Å². The van der Waals surface area contributed by atoms with Gasteiger partial charge in [0.15, 0.2) is 0 Å². The standard InChI is InChI=1S/C46H38N4O/c1-29-12-10-15-38-39-16-11-13-30(2)45(39)49(44(29)38)33-21-23-48-43(27-33)50-41-18-7-6-14-36(41)37-20-19-34(28-42(37)50)51-35-25-31(40-17-8-9-22-47-40)24-32(26-35)46(3,4)5/h6-28H,1-5H3. The molecule has 9 rings (SSSR count). The van der Waals surface area contributed by atoms with Crippen LogP contribution >= 0.6 is 0 Å². The Morgan fingerprint density at radius 2 is 1.24 bits per heavy atom. The monoisotopic (exact) mass is 662 g/mol. The fourth-order valence-electron chi connectivity index (χ4n) is 7.55. The van der Waals surface area contributed by atoms with E-state index >= 15 is 0 Å². The minimum absolute atomic E-state index is 0.0661. The van der Waals surface area contributed by atoms with Gasteiger partial charge < -0.3 is 9.30 Å². The maximum absolute atomic E-state index is 6.71. The van der Waals surface area contributed by atoms with Crippen LogP contribution in [0.5, 0.6) is 11.5 Å². The lowest BCUT2D eigenvalue weighted by atomic mass is 9.85. The molecular weight excluding hydrogens is 625 g/mol. The lowest BCUT2D eigenvalue weighted by molar-refractivity contribution is 0.479. The number of nitrogens with zero attached hydrogens (tertiary/aromatic N) is 4. The molecule has 5 nitrogen and oxygen atoms in total. The Balaban J connectivity index is 1.22. The minimum atomic E-state index is -0.0661. The van der Waals surface area contributed by atoms with Gasteiger partial charge in [0.25, 0.3) is 0 Å². The Morgan fingerprint density at radius 3 is 1.96 bits per heavy atom. The quantitative estimate of drug-likeness (QED) is 0.184. The smallest absolute Gasteiger partial charge is 0.139 e. The average molecular weight is 663 g/mol. The molecule has 0 fully saturated rings. The van der Waals surface area contributed by atoms with Crippen molar-refractivity contribution in [3.8, 4) is 34.3 Å². The number of hydrogen-bond donors (Lipinski definition) is 0. The number of rotatable bonds is 5. The lowest BCUT2D eigenvalue weighted by Crippen LogP contribution is -2.11. The van der Waals surface area contributed by atoms with Crippen LogP contribution in [0.1, 0.15) is 37.5 Å². The lowest BCUT2D eigenvalue weighted by Gasteiger charge is -2.21. The molecule has 248 valence electrons. The fraction of sp³-hybridized carbons (Fsp3) is 0.130. The van der Waals surface area contributed by atoms with Crippen LogP contribution in [0, 0.1) is 13.8 Å². The molecule has 4 aromatic heterocycles. The molecule has 0 bridgehead atoms. The second kappa shape index (κ2) is 11.7. The molecule has 0 saturated heterocycles. The van der Waals surface area contributed by atoms with E-state index < -0.39 is 0 Å². The minimum Gasteiger partial charge on any atom is -0.457 e. The fourth-order valence-corrected chi connectivity index (χ4v) is 7.55. The van der Waals surface area contributed by atoms with Crippen LogP contribution < -0.4 is 4.74 Å². The van der Waals surface area contributed by atoms with Crippen LogP contribution in [0.2, 0.25) is 0 Å². The van der Waals surface area contributed by atoms with Gasteiger partial charge in [-0.2, -0.15) is 0 Å². The van der Waals surface area contributed by atoms with E-state index in [0.29, 0.717) is 0 Å². The SMILES string of the molecule is Cc1cccc2c3cccc(C)c3n(-c3ccnc(-n4c5ccccc5c5ccc(Oc6cc(-c7ccccn7)cc(C(C)(C)C)c6)cc54)c3)c12. The van der Waals surface area contributed by atoms with Gasteiger partial charge in [0.1, 0.15) is 17.3 Å². The molecule has 9 aromatic rings. The van der Waals surface area contributed by atoms with Crippen molar-refractivity contribution >= 4 is 43.6 Å². The maximum Gasteiger partial charge on any atom is 0.139 e. The summed E-state index contributed by atoms with van der Waals surface area (Å²) in [6, 6.07) is 44.8. The van der Waals surface area contributed by atoms with Crippen molar-refractivity contribution in [3.05, 3.63) is 156 Å². The van der Waals surface area contributed by atoms with Crippen LogP contribution in [0.3, 0.4) is 0 Å². The van der Waals surface area contributed by atoms with Gasteiger partial charge in [-0.15, -0.1) is 0 Å². The summed E-state index contributed by atoms with van der Waals surface area (Å²) in [5.41, 5.74) is 11.2. The summed E-state index contributed by atoms with van der Waals surface area (Å²) in [6.07, 6.45) is 3.76. The highest BCUT2D eigenvalue weighted by Gasteiger charge is 2.20. The highest BCUT2D eigenvalue weighted by atomic mass is 16.5. The van der Waals surface area contributed by atoms with Crippen LogP contribution in [-0.2, 0) is 5.41 Å². The number of aryl methyl sites for hydroxylation is 2. The predicted octanol–water partition coefficient (Wildman–Crippen LogP) is 12.0. The second-order valence-electron chi connectivity index (χ2n) is 14.5. The van der Waals surface area contributed by atoms with E-state index in [-0.39, 0.29) is 5.41 Å². The van der Waals surface area contributed by atoms with Crippen molar-refractivity contribution in [1.82, 2.24) is 19.1 Å². The largest absolute Gasteiger partial charge is 0.457 e. The molecule has 0 spiro atoms. The van der Waals surface area contributed by atoms with Crippen molar-refractivity contribution in [2.75, 3.05) is 0 Å². The van der Waals surface area contributed by atoms with E-state index in [9.17, 15) is 0 Å². The first kappa shape index (κ1) is 30.8. The van der Waals surface area contributed by atoms with Crippen molar-refractivity contribution < 1.29 is 4.74 Å². The topological polar surface area (TPSA) is 44.9 Å². The summed E-state index contributed by atoms with van der Waals surface area (Å²) in [5.74, 6) is 2.39. The Labute approximate surface area is 297 Å². The first-order valence-electron chi connectivity index (χ1n) is 17.5. The number of pyridine rings is 2. The third kappa shape index (κ3) is 5.16. The molecule has 0 saturated carbocycles. The molecular formula is C46H38N4O. The summed E-state index contributed by atoms with van der Waals surface area (Å²) >= 11 is 0. The van der Waals surface area contributed by atoms with E-state index in [0.717, 1.165) is 50.7 Å². The normalized spacial score (nSPS) is 12.0. The number of benzene rings is 5. The van der Waals surface area contributed by atoms with E-state index in [4.69, 9.17) is 9.72 Å². The summed E-state index contributed by atoms with van der Waals surface area (Å²) in [5, 5.41) is 4.83. The van der Waals surface area contributed by atoms with Crippen molar-refractivity contribution in [3.63, 3.8) is 0 Å². The first-order valence-corrected chi connectivity index (χ1v) is 17.5. The molecule has 0 amide bonds. The molecule has 0 atom stereocenters. The van der Waals surface area contributed by atoms with Gasteiger partial charge in [-0.05, 0) is 90.6 Å². The highest BCUT2D eigenvalue weighted by molar-refractivity contribution is 6.12. The summed E-state index contributed by atoms with van der Waals surface area (Å²) in [7, 11) is 0. The van der Waals surface area contributed by atoms with Gasteiger partial charge in [-0.1, -0.05) is 81.4 Å². The zero-order chi connectivity index (χ0) is 34.9. The zero-order valence-corrected chi connectivity index (χ0v) is 29.5. The third-order valence-electron chi connectivity index (χ3n) is 10.0. The molecule has 51 heavy (non-hydrogen) atoms. The molecule has 5 aromatic carbocycles. The van der Waals surface area contributed by atoms with Gasteiger partial charge >= 0.3 is 0 Å². The molecule has 0 N–H and O–H groups in total. The Bertz CT molecular complexity index is 2720. The Hall–Kier alpha value is -6.20. The molecule has 4 heterocycles. The molecule has 0 unspecified atom stereocenters. The van der Waals surface area contributed by atoms with E-state index in [1.807, 2.05) is 30.6 Å². The third-order valence-corrected chi connectivity index (χ3v) is 10.0. The van der Waals surface area contributed by atoms with Crippen LogP contribution in [0.25, 0.3) is 66.4 Å². The average Bonchev–Trinajstić information content (AvgIpc) is 3.66. The highest BCUT2D eigenvalue weighted by Crippen LogP contribution is 2.39. The Kier molecular flexibility index (Phi) is 7.07. The molecule has 5 heteroatoms. The zero-order valence-electron chi connectivity index (χ0n) is 29.5. The van der Waals surface area contributed by atoms with Gasteiger partial charge in [0.05, 0.1) is 33.4 Å². The number of hydrogen-bond acceptors (Lipinski definition) is 3. The number of fused-ring (bicyclic) bond motifs is 6. The second-order valence-corrected chi connectivity index (χ2v) is 14.5. The number of para-hydroxylation sites is 3. The van der Waals surface area contributed by atoms with Gasteiger partial charge in [-0.3, -0.25) is 9.55 Å². The van der Waals surface area contributed by atoms with Crippen molar-refractivity contribution in [2.45, 2.75) is 40.0 Å². The summed E-state index contributed by atoms with van der Waals surface area (Å²) < 4.78 is 11.4.